The average molecular weight is 414 g/mol. The number of nitrogens with one attached hydrogen (secondary N) is 1. The third-order valence-corrected chi connectivity index (χ3v) is 5.83. The standard InChI is InChI=1S/C19H16FN5OS2/c1-12-3-2-4-14(9-12)17-22-16(25-26-17)11-27-19-24-23-18(28-19)21-10-13-5-7-15(20)8-6-13/h2-9H,10-11H2,1H3,(H,21,23). The van der Waals surface area contributed by atoms with Gasteiger partial charge in [-0.05, 0) is 36.8 Å². The van der Waals surface area contributed by atoms with Crippen molar-refractivity contribution in [2.24, 2.45) is 0 Å². The summed E-state index contributed by atoms with van der Waals surface area (Å²) < 4.78 is 19.1. The van der Waals surface area contributed by atoms with Gasteiger partial charge in [-0.3, -0.25) is 0 Å². The SMILES string of the molecule is Cc1cccc(-c2nc(CSc3nnc(NCc4ccc(F)cc4)s3)no2)c1. The van der Waals surface area contributed by atoms with Crippen LogP contribution in [0.15, 0.2) is 57.4 Å². The van der Waals surface area contributed by atoms with Crippen molar-refractivity contribution in [3.05, 3.63) is 71.3 Å². The number of nitrogens with zero attached hydrogens (tertiary/aromatic N) is 4. The van der Waals surface area contributed by atoms with Crippen LogP contribution in [0.4, 0.5) is 9.52 Å². The van der Waals surface area contributed by atoms with E-state index >= 15 is 0 Å². The largest absolute Gasteiger partial charge is 0.356 e. The van der Waals surface area contributed by atoms with E-state index in [9.17, 15) is 4.39 Å². The van der Waals surface area contributed by atoms with Crippen molar-refractivity contribution in [2.75, 3.05) is 5.32 Å². The van der Waals surface area contributed by atoms with Crippen LogP contribution in [0.25, 0.3) is 11.5 Å². The van der Waals surface area contributed by atoms with Crippen LogP contribution in [-0.4, -0.2) is 20.3 Å². The molecule has 0 saturated carbocycles. The van der Waals surface area contributed by atoms with Crippen molar-refractivity contribution in [1.82, 2.24) is 20.3 Å². The molecule has 0 fully saturated rings. The molecule has 4 aromatic rings. The van der Waals surface area contributed by atoms with Gasteiger partial charge in [0.25, 0.3) is 5.89 Å². The number of aryl methyl sites for hydroxylation is 1. The fourth-order valence-electron chi connectivity index (χ4n) is 2.45. The van der Waals surface area contributed by atoms with Crippen molar-refractivity contribution in [3.63, 3.8) is 0 Å². The first-order valence-electron chi connectivity index (χ1n) is 8.50. The van der Waals surface area contributed by atoms with Crippen LogP contribution in [0.2, 0.25) is 0 Å². The zero-order valence-electron chi connectivity index (χ0n) is 14.9. The summed E-state index contributed by atoms with van der Waals surface area (Å²) in [6.45, 7) is 2.58. The summed E-state index contributed by atoms with van der Waals surface area (Å²) in [7, 11) is 0. The summed E-state index contributed by atoms with van der Waals surface area (Å²) in [5.41, 5.74) is 3.02. The second-order valence-electron chi connectivity index (χ2n) is 6.03. The van der Waals surface area contributed by atoms with Gasteiger partial charge in [-0.15, -0.1) is 10.2 Å². The molecule has 28 heavy (non-hydrogen) atoms. The highest BCUT2D eigenvalue weighted by molar-refractivity contribution is 8.00. The minimum Gasteiger partial charge on any atom is -0.356 e. The Bertz CT molecular complexity index is 1060. The van der Waals surface area contributed by atoms with Gasteiger partial charge in [-0.1, -0.05) is 58.1 Å². The predicted molar refractivity (Wildman–Crippen MR) is 108 cm³/mol. The normalized spacial score (nSPS) is 10.9. The molecule has 0 radical (unpaired) electrons. The molecule has 4 rings (SSSR count). The molecule has 0 amide bonds. The zero-order chi connectivity index (χ0) is 19.3. The molecular weight excluding hydrogens is 397 g/mol. The second-order valence-corrected chi connectivity index (χ2v) is 8.23. The molecule has 0 unspecified atom stereocenters. The lowest BCUT2D eigenvalue weighted by atomic mass is 10.1. The minimum atomic E-state index is -0.245. The summed E-state index contributed by atoms with van der Waals surface area (Å²) in [6, 6.07) is 14.3. The van der Waals surface area contributed by atoms with Gasteiger partial charge in [0.05, 0.1) is 5.75 Å². The molecule has 6 nitrogen and oxygen atoms in total. The Balaban J connectivity index is 1.31. The molecule has 0 atom stereocenters. The minimum absolute atomic E-state index is 0.245. The Kier molecular flexibility index (Phi) is 5.63. The Morgan fingerprint density at radius 2 is 2.00 bits per heavy atom. The second kappa shape index (κ2) is 8.49. The quantitative estimate of drug-likeness (QED) is 0.430. The molecule has 0 spiro atoms. The Morgan fingerprint density at radius 3 is 2.82 bits per heavy atom. The maximum absolute atomic E-state index is 12.9. The van der Waals surface area contributed by atoms with E-state index < -0.39 is 0 Å². The van der Waals surface area contributed by atoms with Crippen molar-refractivity contribution in [2.45, 2.75) is 23.6 Å². The Morgan fingerprint density at radius 1 is 1.14 bits per heavy atom. The van der Waals surface area contributed by atoms with Gasteiger partial charge in [-0.25, -0.2) is 4.39 Å². The molecule has 0 aliphatic rings. The van der Waals surface area contributed by atoms with E-state index in [1.807, 2.05) is 31.2 Å². The van der Waals surface area contributed by atoms with Crippen LogP contribution in [0.5, 0.6) is 0 Å². The topological polar surface area (TPSA) is 76.7 Å². The number of anilines is 1. The molecule has 0 aliphatic heterocycles. The van der Waals surface area contributed by atoms with Crippen molar-refractivity contribution in [1.29, 1.82) is 0 Å². The number of aromatic nitrogens is 4. The molecule has 0 bridgehead atoms. The summed E-state index contributed by atoms with van der Waals surface area (Å²) in [5.74, 6) is 1.42. The summed E-state index contributed by atoms with van der Waals surface area (Å²) in [5, 5.41) is 16.2. The fourth-order valence-corrected chi connectivity index (χ4v) is 4.04. The lowest BCUT2D eigenvalue weighted by molar-refractivity contribution is 0.425. The highest BCUT2D eigenvalue weighted by Gasteiger charge is 2.11. The highest BCUT2D eigenvalue weighted by Crippen LogP contribution is 2.28. The van der Waals surface area contributed by atoms with Crippen LogP contribution in [0.3, 0.4) is 0 Å². The van der Waals surface area contributed by atoms with Gasteiger partial charge in [-0.2, -0.15) is 4.98 Å². The predicted octanol–water partition coefficient (Wildman–Crippen LogP) is 4.94. The number of halogens is 1. The molecular formula is C19H16FN5OS2. The zero-order valence-corrected chi connectivity index (χ0v) is 16.6. The van der Waals surface area contributed by atoms with E-state index in [1.165, 1.54) is 35.2 Å². The first-order chi connectivity index (χ1) is 13.7. The molecule has 2 aromatic carbocycles. The van der Waals surface area contributed by atoms with E-state index in [0.29, 0.717) is 29.1 Å². The number of hydrogen-bond donors (Lipinski definition) is 1. The first-order valence-corrected chi connectivity index (χ1v) is 10.3. The highest BCUT2D eigenvalue weighted by atomic mass is 32.2. The van der Waals surface area contributed by atoms with Crippen LogP contribution in [0, 0.1) is 12.7 Å². The monoisotopic (exact) mass is 413 g/mol. The average Bonchev–Trinajstić information content (AvgIpc) is 3.35. The molecule has 2 aromatic heterocycles. The van der Waals surface area contributed by atoms with Crippen molar-refractivity contribution >= 4 is 28.2 Å². The van der Waals surface area contributed by atoms with Crippen molar-refractivity contribution in [3.8, 4) is 11.5 Å². The van der Waals surface area contributed by atoms with Gasteiger partial charge >= 0.3 is 0 Å². The molecule has 0 aliphatic carbocycles. The number of hydrogen-bond acceptors (Lipinski definition) is 8. The van der Waals surface area contributed by atoms with Crippen LogP contribution in [-0.2, 0) is 12.3 Å². The van der Waals surface area contributed by atoms with E-state index in [-0.39, 0.29) is 5.82 Å². The molecule has 142 valence electrons. The smallest absolute Gasteiger partial charge is 0.257 e. The summed E-state index contributed by atoms with van der Waals surface area (Å²) in [6.07, 6.45) is 0. The number of benzene rings is 2. The van der Waals surface area contributed by atoms with Gasteiger partial charge < -0.3 is 9.84 Å². The van der Waals surface area contributed by atoms with Crippen LogP contribution in [0.1, 0.15) is 17.0 Å². The molecule has 9 heteroatoms. The lowest BCUT2D eigenvalue weighted by Gasteiger charge is -2.01. The lowest BCUT2D eigenvalue weighted by Crippen LogP contribution is -1.98. The van der Waals surface area contributed by atoms with E-state index in [2.05, 4.69) is 25.7 Å². The van der Waals surface area contributed by atoms with Crippen molar-refractivity contribution < 1.29 is 8.91 Å². The number of rotatable bonds is 7. The van der Waals surface area contributed by atoms with E-state index in [1.54, 1.807) is 12.1 Å². The third-order valence-electron chi connectivity index (χ3n) is 3.82. The van der Waals surface area contributed by atoms with Gasteiger partial charge in [0, 0.05) is 12.1 Å². The van der Waals surface area contributed by atoms with E-state index in [0.717, 1.165) is 21.0 Å². The Hall–Kier alpha value is -2.78. The Labute approximate surface area is 169 Å². The van der Waals surface area contributed by atoms with Gasteiger partial charge in [0.2, 0.25) is 5.13 Å². The maximum Gasteiger partial charge on any atom is 0.257 e. The molecule has 2 heterocycles. The van der Waals surface area contributed by atoms with Crippen LogP contribution >= 0.6 is 23.1 Å². The maximum atomic E-state index is 12.9. The van der Waals surface area contributed by atoms with Gasteiger partial charge in [0.1, 0.15) is 5.82 Å². The summed E-state index contributed by atoms with van der Waals surface area (Å²) in [4.78, 5) is 4.44. The first kappa shape index (κ1) is 18.6. The molecule has 0 saturated heterocycles. The number of thioether (sulfide) groups is 1. The summed E-state index contributed by atoms with van der Waals surface area (Å²) >= 11 is 2.95. The third kappa shape index (κ3) is 4.73. The van der Waals surface area contributed by atoms with E-state index in [4.69, 9.17) is 4.52 Å². The van der Waals surface area contributed by atoms with Gasteiger partial charge in [0.15, 0.2) is 10.2 Å². The van der Waals surface area contributed by atoms with Crippen LogP contribution < -0.4 is 5.32 Å². The fraction of sp³-hybridized carbons (Fsp3) is 0.158. The molecule has 1 N–H and O–H groups in total.